The number of hydrogen-bond donors (Lipinski definition) is 2. The third-order valence-corrected chi connectivity index (χ3v) is 9.83. The van der Waals surface area contributed by atoms with Gasteiger partial charge in [-0.05, 0) is 42.8 Å². The van der Waals surface area contributed by atoms with Crippen LogP contribution in [0, 0.1) is 23.7 Å². The summed E-state index contributed by atoms with van der Waals surface area (Å²) in [6, 6.07) is 0. The van der Waals surface area contributed by atoms with Crippen LogP contribution in [0.4, 0.5) is 0 Å². The maximum absolute atomic E-state index is 11.4. The average molecular weight is 375 g/mol. The Morgan fingerprint density at radius 2 is 1.96 bits per heavy atom. The van der Waals surface area contributed by atoms with Crippen LogP contribution in [0.3, 0.4) is 0 Å². The molecule has 2 aliphatic rings. The second-order valence-electron chi connectivity index (χ2n) is 8.48. The second kappa shape index (κ2) is 7.72. The Balaban J connectivity index is 2.42. The molecule has 1 unspecified atom stereocenters. The molecule has 0 radical (unpaired) electrons. The van der Waals surface area contributed by atoms with Crippen molar-refractivity contribution in [1.29, 1.82) is 0 Å². The Hall–Kier alpha value is -1.34. The van der Waals surface area contributed by atoms with Gasteiger partial charge in [0.15, 0.2) is 8.32 Å². The molecule has 0 spiro atoms. The zero-order valence-electron chi connectivity index (χ0n) is 16.6. The molecule has 0 fully saturated rings. The summed E-state index contributed by atoms with van der Waals surface area (Å²) in [6.07, 6.45) is 1.96. The van der Waals surface area contributed by atoms with Crippen LogP contribution in [0.5, 0.6) is 0 Å². The normalized spacial score (nSPS) is 31.7. The maximum Gasteiger partial charge on any atom is 0.192 e. The van der Waals surface area contributed by atoms with Crippen LogP contribution in [0.15, 0.2) is 23.3 Å². The van der Waals surface area contributed by atoms with Gasteiger partial charge in [-0.1, -0.05) is 44.5 Å². The molecule has 26 heavy (non-hydrogen) atoms. The monoisotopic (exact) mass is 374 g/mol. The fourth-order valence-electron chi connectivity index (χ4n) is 2.60. The fraction of sp³-hybridized carbons (Fsp3) is 0.619. The molecule has 0 aromatic carbocycles. The van der Waals surface area contributed by atoms with E-state index < -0.39 is 26.1 Å². The van der Waals surface area contributed by atoms with E-state index in [1.54, 1.807) is 6.08 Å². The van der Waals surface area contributed by atoms with Gasteiger partial charge in [-0.15, -0.1) is 0 Å². The molecule has 4 nitrogen and oxygen atoms in total. The van der Waals surface area contributed by atoms with Crippen molar-refractivity contribution in [3.8, 4) is 23.7 Å². The lowest BCUT2D eigenvalue weighted by Crippen LogP contribution is -2.54. The molecule has 3 atom stereocenters. The first-order valence-corrected chi connectivity index (χ1v) is 11.9. The van der Waals surface area contributed by atoms with Crippen molar-refractivity contribution in [2.45, 2.75) is 70.1 Å². The number of allylic oxidation sites excluding steroid dienone is 1. The number of ether oxygens (including phenoxy) is 1. The lowest BCUT2D eigenvalue weighted by Gasteiger charge is -2.43. The molecule has 1 aliphatic carbocycles. The van der Waals surface area contributed by atoms with Gasteiger partial charge in [0.05, 0.1) is 6.61 Å². The summed E-state index contributed by atoms with van der Waals surface area (Å²) < 4.78 is 11.8. The first-order chi connectivity index (χ1) is 12.0. The fourth-order valence-corrected chi connectivity index (χ4v) is 3.93. The number of rotatable bonds is 2. The Morgan fingerprint density at radius 1 is 1.27 bits per heavy atom. The van der Waals surface area contributed by atoms with Gasteiger partial charge in [0.2, 0.25) is 0 Å². The van der Waals surface area contributed by atoms with Gasteiger partial charge in [0, 0.05) is 12.0 Å². The summed E-state index contributed by atoms with van der Waals surface area (Å²) in [4.78, 5) is 0. The van der Waals surface area contributed by atoms with Crippen LogP contribution in [0.1, 0.15) is 34.1 Å². The van der Waals surface area contributed by atoms with Crippen molar-refractivity contribution in [2.24, 2.45) is 0 Å². The average Bonchev–Trinajstić information content (AvgIpc) is 2.74. The van der Waals surface area contributed by atoms with Gasteiger partial charge >= 0.3 is 0 Å². The first-order valence-electron chi connectivity index (χ1n) is 9.00. The Labute approximate surface area is 158 Å². The summed E-state index contributed by atoms with van der Waals surface area (Å²) in [5.41, 5.74) is -0.0868. The Kier molecular flexibility index (Phi) is 6.23. The number of aliphatic hydroxyl groups is 2. The highest BCUT2D eigenvalue weighted by Gasteiger charge is 2.52. The van der Waals surface area contributed by atoms with E-state index in [1.165, 1.54) is 0 Å². The van der Waals surface area contributed by atoms with Crippen molar-refractivity contribution in [2.75, 3.05) is 13.2 Å². The van der Waals surface area contributed by atoms with Gasteiger partial charge in [-0.2, -0.15) is 0 Å². The molecular weight excluding hydrogens is 344 g/mol. The summed E-state index contributed by atoms with van der Waals surface area (Å²) in [6.45, 7) is 13.2. The van der Waals surface area contributed by atoms with Crippen LogP contribution in [0.25, 0.3) is 0 Å². The lowest BCUT2D eigenvalue weighted by atomic mass is 9.89. The third kappa shape index (κ3) is 4.49. The molecule has 0 amide bonds. The molecule has 0 aromatic heterocycles. The maximum atomic E-state index is 11.4. The SMILES string of the molecule is C/C1=C/COCC#CCC2(O)C(=C[C@@H](O)[C@@H]2O[Si](C)(C)C(C)(C)C)C#C1. The van der Waals surface area contributed by atoms with E-state index in [2.05, 4.69) is 57.5 Å². The Bertz CT molecular complexity index is 721. The molecule has 0 saturated heterocycles. The minimum absolute atomic E-state index is 0.0399. The molecule has 5 heteroatoms. The summed E-state index contributed by atoms with van der Waals surface area (Å²) in [5.74, 6) is 11.9. The van der Waals surface area contributed by atoms with Gasteiger partial charge in [0.25, 0.3) is 0 Å². The van der Waals surface area contributed by atoms with Crippen LogP contribution in [0.2, 0.25) is 18.1 Å². The van der Waals surface area contributed by atoms with Crippen molar-refractivity contribution in [1.82, 2.24) is 0 Å². The van der Waals surface area contributed by atoms with Gasteiger partial charge in [-0.3, -0.25) is 0 Å². The standard InChI is InChI=1S/C21H30O4Si/c1-16-9-10-17-15-18(22)19(25-26(5,6)20(2,3)4)21(17,23)12-7-8-13-24-14-11-16/h11,15,18-19,22-23H,12-14H2,1-6H3/b16-11-/t18-,19+,21?/m1/s1. The van der Waals surface area contributed by atoms with E-state index in [0.29, 0.717) is 18.8 Å². The molecule has 142 valence electrons. The van der Waals surface area contributed by atoms with E-state index in [4.69, 9.17) is 9.16 Å². The summed E-state index contributed by atoms with van der Waals surface area (Å²) in [7, 11) is -2.20. The number of hydrogen-bond acceptors (Lipinski definition) is 4. The number of aliphatic hydroxyl groups excluding tert-OH is 1. The smallest absolute Gasteiger partial charge is 0.192 e. The predicted octanol–water partition coefficient (Wildman–Crippen LogP) is 2.78. The van der Waals surface area contributed by atoms with Crippen molar-refractivity contribution >= 4 is 8.32 Å². The van der Waals surface area contributed by atoms with Crippen LogP contribution in [-0.4, -0.2) is 49.6 Å². The Morgan fingerprint density at radius 3 is 2.62 bits per heavy atom. The highest BCUT2D eigenvalue weighted by Crippen LogP contribution is 2.43. The minimum atomic E-state index is -2.20. The van der Waals surface area contributed by atoms with E-state index in [0.717, 1.165) is 5.57 Å². The molecule has 2 rings (SSSR count). The highest BCUT2D eigenvalue weighted by molar-refractivity contribution is 6.74. The van der Waals surface area contributed by atoms with Crippen LogP contribution < -0.4 is 0 Å². The molecule has 0 bridgehead atoms. The topological polar surface area (TPSA) is 58.9 Å². The largest absolute Gasteiger partial charge is 0.408 e. The van der Waals surface area contributed by atoms with E-state index >= 15 is 0 Å². The molecule has 1 heterocycles. The predicted molar refractivity (Wildman–Crippen MR) is 106 cm³/mol. The molecule has 1 aliphatic heterocycles. The zero-order chi connectivity index (χ0) is 19.6. The molecule has 2 N–H and O–H groups in total. The van der Waals surface area contributed by atoms with Crippen molar-refractivity contribution in [3.63, 3.8) is 0 Å². The summed E-state index contributed by atoms with van der Waals surface area (Å²) in [5, 5.41) is 22.0. The minimum Gasteiger partial charge on any atom is -0.408 e. The van der Waals surface area contributed by atoms with E-state index in [9.17, 15) is 10.2 Å². The lowest BCUT2D eigenvalue weighted by molar-refractivity contribution is -0.0639. The zero-order valence-corrected chi connectivity index (χ0v) is 17.6. The second-order valence-corrected chi connectivity index (χ2v) is 13.2. The van der Waals surface area contributed by atoms with Crippen molar-refractivity contribution in [3.05, 3.63) is 23.3 Å². The highest BCUT2D eigenvalue weighted by atomic mass is 28.4. The van der Waals surface area contributed by atoms with Gasteiger partial charge in [0.1, 0.15) is 24.4 Å². The first kappa shape index (κ1) is 21.0. The molecule has 0 saturated carbocycles. The van der Waals surface area contributed by atoms with Crippen molar-refractivity contribution < 1.29 is 19.4 Å². The van der Waals surface area contributed by atoms with Gasteiger partial charge < -0.3 is 19.4 Å². The van der Waals surface area contributed by atoms with Crippen LogP contribution >= 0.6 is 0 Å². The molecular formula is C21H30O4Si. The van der Waals surface area contributed by atoms with Gasteiger partial charge in [-0.25, -0.2) is 0 Å². The van der Waals surface area contributed by atoms with E-state index in [-0.39, 0.29) is 11.5 Å². The third-order valence-electron chi connectivity index (χ3n) is 5.37. The molecule has 0 aromatic rings. The number of fused-ring (bicyclic) bond motifs is 1. The van der Waals surface area contributed by atoms with Crippen LogP contribution in [-0.2, 0) is 9.16 Å². The van der Waals surface area contributed by atoms with E-state index in [1.807, 2.05) is 13.0 Å². The summed E-state index contributed by atoms with van der Waals surface area (Å²) >= 11 is 0. The quantitative estimate of drug-likeness (QED) is 0.576.